The van der Waals surface area contributed by atoms with Gasteiger partial charge in [0, 0.05) is 72.0 Å². The van der Waals surface area contributed by atoms with Gasteiger partial charge >= 0.3 is 11.9 Å². The van der Waals surface area contributed by atoms with Crippen molar-refractivity contribution in [2.75, 3.05) is 0 Å². The second-order valence-electron chi connectivity index (χ2n) is 5.61. The van der Waals surface area contributed by atoms with E-state index in [1.54, 1.807) is 12.2 Å². The van der Waals surface area contributed by atoms with Crippen LogP contribution in [0.4, 0.5) is 0 Å². The zero-order valence-corrected chi connectivity index (χ0v) is 17.8. The first-order valence-electron chi connectivity index (χ1n) is 7.08. The molecule has 2 bridgehead atoms. The first-order valence-corrected chi connectivity index (χ1v) is 7.08. The number of carboxylic acid groups (broad SMARTS) is 2. The monoisotopic (exact) mass is 350 g/mol. The number of fused-ring (bicyclic) bond motifs is 1. The number of carbonyl (C=O) groups is 2. The molecule has 2 radical (unpaired) electrons. The van der Waals surface area contributed by atoms with Gasteiger partial charge in [-0.1, -0.05) is 24.3 Å². The van der Waals surface area contributed by atoms with Crippen LogP contribution in [-0.4, -0.2) is 81.3 Å². The van der Waals surface area contributed by atoms with Crippen LogP contribution in [0.5, 0.6) is 0 Å². The maximum Gasteiger partial charge on any atom is 0.303 e. The van der Waals surface area contributed by atoms with Crippen LogP contribution in [-0.2, 0) is 30.6 Å². The Morgan fingerprint density at radius 2 is 1.21 bits per heavy atom. The molecule has 118 valence electrons. The third-order valence-corrected chi connectivity index (χ3v) is 4.22. The minimum absolute atomic E-state index is 0. The van der Waals surface area contributed by atoms with Crippen LogP contribution in [0.2, 0.25) is 0 Å². The number of hydrogen-bond acceptors (Lipinski definition) is 4. The minimum atomic E-state index is -0.917. The Hall–Kier alpha value is -0.180. The van der Waals surface area contributed by atoms with Gasteiger partial charge in [-0.05, 0) is 36.1 Å². The fourth-order valence-electron chi connectivity index (χ4n) is 3.07. The average molecular weight is 350 g/mol. The molecule has 0 saturated carbocycles. The zero-order valence-electron chi connectivity index (χ0n) is 13.8. The summed E-state index contributed by atoms with van der Waals surface area (Å²) in [7, 11) is 0. The molecule has 1 aromatic rings. The first kappa shape index (κ1) is 21.9. The Bertz CT molecular complexity index is 607. The quantitative estimate of drug-likeness (QED) is 0.460. The summed E-state index contributed by atoms with van der Waals surface area (Å²) in [4.78, 5) is 32.8. The first-order chi connectivity index (χ1) is 10.5. The summed E-state index contributed by atoms with van der Waals surface area (Å²) < 4.78 is 0. The average Bonchev–Trinajstić information content (AvgIpc) is 2.53. The molecule has 2 atom stereocenters. The van der Waals surface area contributed by atoms with Crippen molar-refractivity contribution >= 4 is 71.1 Å². The number of hydrogen-bond donors (Lipinski definition) is 2. The summed E-state index contributed by atoms with van der Waals surface area (Å²) in [5.41, 5.74) is -0.148. The summed E-state index contributed by atoms with van der Waals surface area (Å²) >= 11 is 0. The molecule has 2 aliphatic heterocycles. The van der Waals surface area contributed by atoms with Crippen molar-refractivity contribution in [1.29, 1.82) is 0 Å². The summed E-state index contributed by atoms with van der Waals surface area (Å²) in [6, 6.07) is 7.45. The van der Waals surface area contributed by atoms with Crippen LogP contribution in [0.1, 0.15) is 36.8 Å². The molecule has 2 unspecified atom stereocenters. The molecular weight excluding hydrogens is 334 g/mol. The maximum absolute atomic E-state index is 10.9. The van der Waals surface area contributed by atoms with E-state index in [4.69, 9.17) is 20.0 Å². The predicted molar refractivity (Wildman–Crippen MR) is 86.4 cm³/mol. The standard InChI is InChI=1S/C16H16O6.2Na/c17-13(18)5-7-15-9-10-16(22-21-15,8-6-14(19)20)12-4-2-1-3-11(12)15;;/h1-4,9-10H,5-8H2,(H,17,18)(H,19,20);;. The van der Waals surface area contributed by atoms with Gasteiger partial charge < -0.3 is 10.2 Å². The van der Waals surface area contributed by atoms with Crippen LogP contribution in [0.25, 0.3) is 0 Å². The van der Waals surface area contributed by atoms with Crippen molar-refractivity contribution < 1.29 is 29.6 Å². The Morgan fingerprint density at radius 3 is 1.50 bits per heavy atom. The molecule has 1 aliphatic carbocycles. The summed E-state index contributed by atoms with van der Waals surface area (Å²) in [6.45, 7) is 0. The molecule has 8 heteroatoms. The van der Waals surface area contributed by atoms with Crippen LogP contribution in [0.3, 0.4) is 0 Å². The number of benzene rings is 1. The van der Waals surface area contributed by atoms with E-state index in [1.807, 2.05) is 24.3 Å². The molecule has 0 aromatic heterocycles. The topological polar surface area (TPSA) is 93.1 Å². The summed E-state index contributed by atoms with van der Waals surface area (Å²) in [6.07, 6.45) is 4.00. The summed E-state index contributed by atoms with van der Waals surface area (Å²) in [5.74, 6) is -1.81. The smallest absolute Gasteiger partial charge is 0.303 e. The van der Waals surface area contributed by atoms with Gasteiger partial charge in [0.15, 0.2) is 0 Å². The van der Waals surface area contributed by atoms with E-state index in [1.165, 1.54) is 0 Å². The van der Waals surface area contributed by atoms with Crippen LogP contribution in [0, 0.1) is 0 Å². The van der Waals surface area contributed by atoms with Gasteiger partial charge in [0.25, 0.3) is 0 Å². The van der Waals surface area contributed by atoms with Gasteiger partial charge in [0.2, 0.25) is 0 Å². The molecule has 2 heterocycles. The second kappa shape index (κ2) is 8.47. The van der Waals surface area contributed by atoms with E-state index < -0.39 is 23.1 Å². The minimum Gasteiger partial charge on any atom is -0.481 e. The molecule has 3 aliphatic rings. The normalized spacial score (nSPS) is 26.0. The van der Waals surface area contributed by atoms with Gasteiger partial charge in [0.05, 0.1) is 0 Å². The third-order valence-electron chi connectivity index (χ3n) is 4.22. The fourth-order valence-corrected chi connectivity index (χ4v) is 3.07. The molecule has 4 rings (SSSR count). The van der Waals surface area contributed by atoms with E-state index in [9.17, 15) is 9.59 Å². The maximum atomic E-state index is 10.9. The van der Waals surface area contributed by atoms with Gasteiger partial charge in [-0.25, -0.2) is 9.78 Å². The largest absolute Gasteiger partial charge is 0.481 e. The molecule has 24 heavy (non-hydrogen) atoms. The van der Waals surface area contributed by atoms with Crippen molar-refractivity contribution in [2.45, 2.75) is 36.9 Å². The summed E-state index contributed by atoms with van der Waals surface area (Å²) in [5, 5.41) is 17.9. The molecule has 6 nitrogen and oxygen atoms in total. The van der Waals surface area contributed by atoms with Gasteiger partial charge in [0.1, 0.15) is 11.2 Å². The predicted octanol–water partition coefficient (Wildman–Crippen LogP) is 1.58. The fraction of sp³-hybridized carbons (Fsp3) is 0.375. The van der Waals surface area contributed by atoms with E-state index in [0.29, 0.717) is 0 Å². The van der Waals surface area contributed by atoms with E-state index in [-0.39, 0.29) is 84.8 Å². The Morgan fingerprint density at radius 1 is 0.833 bits per heavy atom. The third kappa shape index (κ3) is 3.97. The van der Waals surface area contributed by atoms with Crippen molar-refractivity contribution in [3.05, 3.63) is 47.5 Å². The Balaban J connectivity index is 0.00000144. The Kier molecular flexibility index (Phi) is 7.71. The SMILES string of the molecule is O=C(O)CCC12C=CC(CCC(=O)O)(OO1)c1ccccc12.[Na].[Na]. The molecular formula is C16H16Na2O6. The van der Waals surface area contributed by atoms with Crippen molar-refractivity contribution in [3.8, 4) is 0 Å². The van der Waals surface area contributed by atoms with Crippen LogP contribution >= 0.6 is 0 Å². The van der Waals surface area contributed by atoms with Crippen LogP contribution < -0.4 is 0 Å². The molecule has 1 aromatic carbocycles. The molecule has 0 spiro atoms. The van der Waals surface area contributed by atoms with Crippen molar-refractivity contribution in [1.82, 2.24) is 0 Å². The molecule has 2 N–H and O–H groups in total. The Labute approximate surface area is 183 Å². The molecule has 0 fully saturated rings. The van der Waals surface area contributed by atoms with Gasteiger partial charge in [-0.15, -0.1) is 0 Å². The van der Waals surface area contributed by atoms with Crippen molar-refractivity contribution in [3.63, 3.8) is 0 Å². The van der Waals surface area contributed by atoms with Crippen LogP contribution in [0.15, 0.2) is 36.4 Å². The number of carboxylic acids is 2. The zero-order chi connectivity index (χ0) is 15.8. The van der Waals surface area contributed by atoms with Crippen molar-refractivity contribution in [2.24, 2.45) is 0 Å². The van der Waals surface area contributed by atoms with E-state index >= 15 is 0 Å². The van der Waals surface area contributed by atoms with E-state index in [0.717, 1.165) is 11.1 Å². The number of rotatable bonds is 6. The number of aliphatic carboxylic acids is 2. The van der Waals surface area contributed by atoms with Gasteiger partial charge in [-0.3, -0.25) is 9.59 Å². The van der Waals surface area contributed by atoms with Gasteiger partial charge in [-0.2, -0.15) is 0 Å². The second-order valence-corrected chi connectivity index (χ2v) is 5.61. The molecule has 0 saturated heterocycles. The van der Waals surface area contributed by atoms with E-state index in [2.05, 4.69) is 0 Å². The molecule has 0 amide bonds.